The molecule has 1 aromatic carbocycles. The quantitative estimate of drug-likeness (QED) is 0.779. The van der Waals surface area contributed by atoms with Gasteiger partial charge >= 0.3 is 0 Å². The van der Waals surface area contributed by atoms with Crippen molar-refractivity contribution in [2.45, 2.75) is 58.5 Å². The molecule has 0 amide bonds. The second kappa shape index (κ2) is 7.58. The second-order valence-electron chi connectivity index (χ2n) is 6.43. The molecule has 2 heteroatoms. The number of nitrogens with zero attached hydrogens (tertiary/aromatic N) is 1. The number of ketones is 1. The molecule has 110 valence electrons. The van der Waals surface area contributed by atoms with Gasteiger partial charge in [-0.1, -0.05) is 44.2 Å². The summed E-state index contributed by atoms with van der Waals surface area (Å²) in [5.41, 5.74) is 1.36. The number of hydrogen-bond donors (Lipinski definition) is 0. The highest BCUT2D eigenvalue weighted by molar-refractivity contribution is 5.79. The minimum absolute atomic E-state index is 0.448. The average Bonchev–Trinajstić information content (AvgIpc) is 2.44. The van der Waals surface area contributed by atoms with Gasteiger partial charge in [0.25, 0.3) is 0 Å². The van der Waals surface area contributed by atoms with Gasteiger partial charge in [0.15, 0.2) is 0 Å². The Hall–Kier alpha value is -1.15. The van der Waals surface area contributed by atoms with E-state index in [-0.39, 0.29) is 0 Å². The lowest BCUT2D eigenvalue weighted by molar-refractivity contribution is -0.122. The summed E-state index contributed by atoms with van der Waals surface area (Å²) in [7, 11) is 0. The lowest BCUT2D eigenvalue weighted by Crippen LogP contribution is -2.39. The van der Waals surface area contributed by atoms with Crippen molar-refractivity contribution >= 4 is 5.78 Å². The van der Waals surface area contributed by atoms with Crippen LogP contribution in [0.1, 0.15) is 51.5 Å². The molecule has 1 saturated carbocycles. The third kappa shape index (κ3) is 4.75. The maximum Gasteiger partial charge on any atom is 0.134 e. The van der Waals surface area contributed by atoms with Gasteiger partial charge in [0, 0.05) is 25.4 Å². The summed E-state index contributed by atoms with van der Waals surface area (Å²) in [5.74, 6) is 1.16. The number of benzene rings is 1. The Balaban J connectivity index is 2.01. The van der Waals surface area contributed by atoms with Crippen LogP contribution in [0.15, 0.2) is 30.3 Å². The molecular weight excluding hydrogens is 246 g/mol. The summed E-state index contributed by atoms with van der Waals surface area (Å²) < 4.78 is 0. The van der Waals surface area contributed by atoms with E-state index in [1.165, 1.54) is 18.4 Å². The predicted molar refractivity (Wildman–Crippen MR) is 83.6 cm³/mol. The summed E-state index contributed by atoms with van der Waals surface area (Å²) in [6.45, 7) is 6.62. The molecule has 0 heterocycles. The molecule has 2 rings (SSSR count). The van der Waals surface area contributed by atoms with Crippen LogP contribution >= 0.6 is 0 Å². The van der Waals surface area contributed by atoms with Crippen LogP contribution in [0.3, 0.4) is 0 Å². The van der Waals surface area contributed by atoms with Crippen LogP contribution in [0.2, 0.25) is 0 Å². The number of hydrogen-bond acceptors (Lipinski definition) is 2. The van der Waals surface area contributed by atoms with Gasteiger partial charge in [0.1, 0.15) is 5.78 Å². The zero-order valence-electron chi connectivity index (χ0n) is 12.8. The van der Waals surface area contributed by atoms with E-state index in [0.717, 1.165) is 32.4 Å². The summed E-state index contributed by atoms with van der Waals surface area (Å²) >= 11 is 0. The van der Waals surface area contributed by atoms with Crippen LogP contribution in [0.25, 0.3) is 0 Å². The van der Waals surface area contributed by atoms with Gasteiger partial charge in [0.05, 0.1) is 0 Å². The Morgan fingerprint density at radius 1 is 1.25 bits per heavy atom. The first-order chi connectivity index (χ1) is 9.65. The van der Waals surface area contributed by atoms with E-state index in [0.29, 0.717) is 17.7 Å². The Kier molecular flexibility index (Phi) is 5.78. The Morgan fingerprint density at radius 3 is 2.65 bits per heavy atom. The summed E-state index contributed by atoms with van der Waals surface area (Å²) in [4.78, 5) is 14.3. The van der Waals surface area contributed by atoms with Crippen LogP contribution in [0.4, 0.5) is 0 Å². The van der Waals surface area contributed by atoms with Crippen molar-refractivity contribution in [1.29, 1.82) is 0 Å². The predicted octanol–water partition coefficient (Wildman–Crippen LogP) is 4.05. The van der Waals surface area contributed by atoms with Gasteiger partial charge in [-0.25, -0.2) is 0 Å². The van der Waals surface area contributed by atoms with Crippen molar-refractivity contribution in [3.05, 3.63) is 35.9 Å². The molecule has 0 aliphatic heterocycles. The topological polar surface area (TPSA) is 20.3 Å². The van der Waals surface area contributed by atoms with Crippen LogP contribution in [0.5, 0.6) is 0 Å². The van der Waals surface area contributed by atoms with E-state index in [9.17, 15) is 4.79 Å². The van der Waals surface area contributed by atoms with Gasteiger partial charge in [-0.05, 0) is 37.3 Å². The minimum atomic E-state index is 0.448. The molecule has 0 aromatic heterocycles. The Labute approximate surface area is 123 Å². The fourth-order valence-electron chi connectivity index (χ4n) is 2.95. The normalized spacial score (nSPS) is 19.8. The van der Waals surface area contributed by atoms with Crippen molar-refractivity contribution in [1.82, 2.24) is 4.90 Å². The molecule has 20 heavy (non-hydrogen) atoms. The average molecular weight is 273 g/mol. The monoisotopic (exact) mass is 273 g/mol. The van der Waals surface area contributed by atoms with Crippen molar-refractivity contribution in [2.75, 3.05) is 6.54 Å². The number of rotatable bonds is 6. The molecule has 1 aromatic rings. The van der Waals surface area contributed by atoms with E-state index in [1.54, 1.807) is 0 Å². The van der Waals surface area contributed by atoms with Gasteiger partial charge in [-0.15, -0.1) is 0 Å². The summed E-state index contributed by atoms with van der Waals surface area (Å²) in [5, 5.41) is 0. The van der Waals surface area contributed by atoms with Crippen molar-refractivity contribution in [2.24, 2.45) is 5.92 Å². The fraction of sp³-hybridized carbons (Fsp3) is 0.611. The van der Waals surface area contributed by atoms with Crippen molar-refractivity contribution in [3.8, 4) is 0 Å². The molecule has 0 radical (unpaired) electrons. The molecule has 1 aliphatic rings. The molecule has 1 atom stereocenters. The first-order valence-electron chi connectivity index (χ1n) is 7.95. The third-order valence-electron chi connectivity index (χ3n) is 4.19. The number of carbonyl (C=O) groups is 1. The highest BCUT2D eigenvalue weighted by Crippen LogP contribution is 2.23. The first kappa shape index (κ1) is 15.2. The molecule has 2 nitrogen and oxygen atoms in total. The van der Waals surface area contributed by atoms with Gasteiger partial charge in [0.2, 0.25) is 0 Å². The molecule has 0 N–H and O–H groups in total. The minimum Gasteiger partial charge on any atom is -0.300 e. The maximum atomic E-state index is 11.7. The molecular formula is C18H27NO. The number of Topliss-reactive ketones (excluding diaryl/α,β-unsaturated/α-hetero) is 1. The number of carbonyl (C=O) groups excluding carboxylic acids is 1. The van der Waals surface area contributed by atoms with Crippen LogP contribution < -0.4 is 0 Å². The van der Waals surface area contributed by atoms with Crippen LogP contribution in [-0.4, -0.2) is 23.3 Å². The van der Waals surface area contributed by atoms with Gasteiger partial charge in [-0.3, -0.25) is 9.69 Å². The highest BCUT2D eigenvalue weighted by Gasteiger charge is 2.25. The standard InChI is InChI=1S/C18H27NO/c1-15(2)11-12-19(14-16-7-4-3-5-8-16)17-9-6-10-18(20)13-17/h3-5,7-8,15,17H,6,9-14H2,1-2H3. The van der Waals surface area contributed by atoms with E-state index in [2.05, 4.69) is 49.1 Å². The Morgan fingerprint density at radius 2 is 2.00 bits per heavy atom. The first-order valence-corrected chi connectivity index (χ1v) is 7.95. The van der Waals surface area contributed by atoms with Crippen molar-refractivity contribution < 1.29 is 4.79 Å². The van der Waals surface area contributed by atoms with E-state index >= 15 is 0 Å². The Bertz CT molecular complexity index is 413. The maximum absolute atomic E-state index is 11.7. The smallest absolute Gasteiger partial charge is 0.134 e. The fourth-order valence-corrected chi connectivity index (χ4v) is 2.95. The molecule has 0 saturated heterocycles. The van der Waals surface area contributed by atoms with Gasteiger partial charge in [-0.2, -0.15) is 0 Å². The van der Waals surface area contributed by atoms with E-state index in [4.69, 9.17) is 0 Å². The summed E-state index contributed by atoms with van der Waals surface area (Å²) in [6, 6.07) is 11.1. The lowest BCUT2D eigenvalue weighted by atomic mass is 9.92. The van der Waals surface area contributed by atoms with Gasteiger partial charge < -0.3 is 0 Å². The molecule has 1 fully saturated rings. The third-order valence-corrected chi connectivity index (χ3v) is 4.19. The second-order valence-corrected chi connectivity index (χ2v) is 6.43. The summed E-state index contributed by atoms with van der Waals surface area (Å²) in [6.07, 6.45) is 5.00. The van der Waals surface area contributed by atoms with E-state index in [1.807, 2.05) is 0 Å². The van der Waals surface area contributed by atoms with Crippen molar-refractivity contribution in [3.63, 3.8) is 0 Å². The van der Waals surface area contributed by atoms with E-state index < -0.39 is 0 Å². The highest BCUT2D eigenvalue weighted by atomic mass is 16.1. The molecule has 0 spiro atoms. The SMILES string of the molecule is CC(C)CCN(Cc1ccccc1)C1CCCC(=O)C1. The zero-order chi connectivity index (χ0) is 14.4. The van der Waals surface area contributed by atoms with Crippen LogP contribution in [-0.2, 0) is 11.3 Å². The largest absolute Gasteiger partial charge is 0.300 e. The van der Waals surface area contributed by atoms with Crippen LogP contribution in [0, 0.1) is 5.92 Å². The molecule has 0 bridgehead atoms. The zero-order valence-corrected chi connectivity index (χ0v) is 12.8. The lowest BCUT2D eigenvalue weighted by Gasteiger charge is -2.34. The molecule has 1 aliphatic carbocycles. The molecule has 1 unspecified atom stereocenters.